The smallest absolute Gasteiger partial charge is 0.219 e. The number of morpholine rings is 1. The SMILES string of the molecule is Cn1c(Nc2ccc(Cl)cc2)nc2cc(Oc3ccnc(C(CC(N)=O)N4CCOCC4)c3)ccc21. The third-order valence-corrected chi connectivity index (χ3v) is 6.42. The Kier molecular flexibility index (Phi) is 7.04. The van der Waals surface area contributed by atoms with Crippen LogP contribution >= 0.6 is 11.6 Å². The van der Waals surface area contributed by atoms with Crippen LogP contribution in [-0.4, -0.2) is 51.6 Å². The van der Waals surface area contributed by atoms with Crippen LogP contribution in [0.15, 0.2) is 60.8 Å². The summed E-state index contributed by atoms with van der Waals surface area (Å²) in [5.74, 6) is 1.60. The molecule has 1 amide bonds. The normalized spacial score (nSPS) is 15.1. The number of rotatable bonds is 8. The lowest BCUT2D eigenvalue weighted by Gasteiger charge is -2.33. The highest BCUT2D eigenvalue weighted by Gasteiger charge is 2.26. The van der Waals surface area contributed by atoms with Gasteiger partial charge in [-0.2, -0.15) is 0 Å². The molecule has 1 atom stereocenters. The van der Waals surface area contributed by atoms with Gasteiger partial charge in [0.15, 0.2) is 0 Å². The van der Waals surface area contributed by atoms with Gasteiger partial charge in [0.05, 0.1) is 36.0 Å². The van der Waals surface area contributed by atoms with Crippen LogP contribution in [0.5, 0.6) is 11.5 Å². The van der Waals surface area contributed by atoms with E-state index < -0.39 is 0 Å². The van der Waals surface area contributed by atoms with Gasteiger partial charge in [0.2, 0.25) is 11.9 Å². The second-order valence-corrected chi connectivity index (χ2v) is 9.07. The Morgan fingerprint density at radius 3 is 2.64 bits per heavy atom. The van der Waals surface area contributed by atoms with Crippen molar-refractivity contribution in [1.82, 2.24) is 19.4 Å². The van der Waals surface area contributed by atoms with Crippen LogP contribution in [0.2, 0.25) is 5.02 Å². The predicted molar refractivity (Wildman–Crippen MR) is 139 cm³/mol. The monoisotopic (exact) mass is 506 g/mol. The fourth-order valence-electron chi connectivity index (χ4n) is 4.33. The van der Waals surface area contributed by atoms with Crippen molar-refractivity contribution in [1.29, 1.82) is 0 Å². The minimum atomic E-state index is -0.372. The van der Waals surface area contributed by atoms with E-state index in [1.165, 1.54) is 0 Å². The first-order valence-electron chi connectivity index (χ1n) is 11.7. The summed E-state index contributed by atoms with van der Waals surface area (Å²) >= 11 is 5.99. The molecule has 2 aromatic carbocycles. The van der Waals surface area contributed by atoms with E-state index in [0.717, 1.165) is 22.4 Å². The fourth-order valence-corrected chi connectivity index (χ4v) is 4.45. The van der Waals surface area contributed by atoms with Gasteiger partial charge in [0, 0.05) is 55.6 Å². The van der Waals surface area contributed by atoms with Crippen molar-refractivity contribution in [2.45, 2.75) is 12.5 Å². The average molecular weight is 507 g/mol. The number of nitrogens with one attached hydrogen (secondary N) is 1. The fraction of sp³-hybridized carbons (Fsp3) is 0.269. The number of carbonyl (C=O) groups excluding carboxylic acids is 1. The number of nitrogens with zero attached hydrogens (tertiary/aromatic N) is 4. The molecule has 10 heteroatoms. The van der Waals surface area contributed by atoms with Gasteiger partial charge in [0.25, 0.3) is 0 Å². The van der Waals surface area contributed by atoms with Crippen molar-refractivity contribution in [2.24, 2.45) is 12.8 Å². The second kappa shape index (κ2) is 10.5. The number of nitrogens with two attached hydrogens (primary N) is 1. The van der Waals surface area contributed by atoms with Crippen molar-refractivity contribution < 1.29 is 14.3 Å². The summed E-state index contributed by atoms with van der Waals surface area (Å²) in [4.78, 5) is 23.2. The van der Waals surface area contributed by atoms with Crippen LogP contribution in [-0.2, 0) is 16.6 Å². The summed E-state index contributed by atoms with van der Waals surface area (Å²) in [6.45, 7) is 2.66. The summed E-state index contributed by atoms with van der Waals surface area (Å²) in [6, 6.07) is 16.7. The highest BCUT2D eigenvalue weighted by molar-refractivity contribution is 6.30. The van der Waals surface area contributed by atoms with Crippen LogP contribution in [0.3, 0.4) is 0 Å². The van der Waals surface area contributed by atoms with Gasteiger partial charge in [-0.3, -0.25) is 14.7 Å². The van der Waals surface area contributed by atoms with Crippen LogP contribution in [0, 0.1) is 0 Å². The summed E-state index contributed by atoms with van der Waals surface area (Å²) in [5.41, 5.74) is 8.93. The third kappa shape index (κ3) is 5.43. The Morgan fingerprint density at radius 1 is 1.14 bits per heavy atom. The number of benzene rings is 2. The summed E-state index contributed by atoms with van der Waals surface area (Å²) in [6.07, 6.45) is 1.87. The van der Waals surface area contributed by atoms with Crippen molar-refractivity contribution in [3.63, 3.8) is 0 Å². The first-order chi connectivity index (χ1) is 17.5. The van der Waals surface area contributed by atoms with Crippen molar-refractivity contribution in [2.75, 3.05) is 31.6 Å². The van der Waals surface area contributed by atoms with Crippen molar-refractivity contribution in [3.05, 3.63) is 71.5 Å². The molecule has 0 bridgehead atoms. The number of aromatic nitrogens is 3. The third-order valence-electron chi connectivity index (χ3n) is 6.16. The highest BCUT2D eigenvalue weighted by atomic mass is 35.5. The van der Waals surface area contributed by atoms with E-state index in [-0.39, 0.29) is 18.4 Å². The number of anilines is 2. The summed E-state index contributed by atoms with van der Waals surface area (Å²) in [5, 5.41) is 4.00. The zero-order chi connectivity index (χ0) is 25.1. The Labute approximate surface area is 213 Å². The maximum Gasteiger partial charge on any atom is 0.219 e. The molecule has 4 aromatic rings. The minimum absolute atomic E-state index is 0.180. The number of hydrogen-bond acceptors (Lipinski definition) is 7. The van der Waals surface area contributed by atoms with E-state index in [9.17, 15) is 4.79 Å². The number of pyridine rings is 1. The zero-order valence-electron chi connectivity index (χ0n) is 19.9. The van der Waals surface area contributed by atoms with E-state index in [4.69, 9.17) is 31.8 Å². The van der Waals surface area contributed by atoms with Gasteiger partial charge in [-0.1, -0.05) is 11.6 Å². The lowest BCUT2D eigenvalue weighted by molar-refractivity contribution is -0.119. The van der Waals surface area contributed by atoms with E-state index in [0.29, 0.717) is 48.8 Å². The number of ether oxygens (including phenoxy) is 2. The Hall–Kier alpha value is -3.66. The van der Waals surface area contributed by atoms with Gasteiger partial charge in [-0.15, -0.1) is 0 Å². The standard InChI is InChI=1S/C26H27ClN6O3/c1-32-23-7-6-19(15-22(23)31-26(32)30-18-4-2-17(27)3-5-18)36-20-8-9-29-21(14-20)24(16-25(28)34)33-10-12-35-13-11-33/h2-9,14-15,24H,10-13,16H2,1H3,(H2,28,34)(H,30,31). The molecule has 0 spiro atoms. The van der Waals surface area contributed by atoms with E-state index in [2.05, 4.69) is 15.2 Å². The van der Waals surface area contributed by atoms with E-state index in [1.807, 2.05) is 60.1 Å². The molecule has 186 valence electrons. The Bertz CT molecular complexity index is 1370. The van der Waals surface area contributed by atoms with E-state index >= 15 is 0 Å². The molecule has 36 heavy (non-hydrogen) atoms. The number of hydrogen-bond donors (Lipinski definition) is 2. The molecule has 0 saturated carbocycles. The number of primary amides is 1. The summed E-state index contributed by atoms with van der Waals surface area (Å²) in [7, 11) is 1.95. The van der Waals surface area contributed by atoms with Gasteiger partial charge in [-0.25, -0.2) is 4.98 Å². The molecule has 0 aliphatic carbocycles. The van der Waals surface area contributed by atoms with Gasteiger partial charge in [-0.05, 0) is 42.5 Å². The number of amides is 1. The van der Waals surface area contributed by atoms with Crippen LogP contribution in [0.25, 0.3) is 11.0 Å². The van der Waals surface area contributed by atoms with Crippen LogP contribution in [0.4, 0.5) is 11.6 Å². The topological polar surface area (TPSA) is 108 Å². The molecule has 1 aliphatic rings. The maximum absolute atomic E-state index is 11.8. The second-order valence-electron chi connectivity index (χ2n) is 8.63. The van der Waals surface area contributed by atoms with E-state index in [1.54, 1.807) is 12.3 Å². The zero-order valence-corrected chi connectivity index (χ0v) is 20.6. The molecular weight excluding hydrogens is 480 g/mol. The number of fused-ring (bicyclic) bond motifs is 1. The molecule has 1 saturated heterocycles. The number of carbonyl (C=O) groups is 1. The van der Waals surface area contributed by atoms with Gasteiger partial charge in [0.1, 0.15) is 11.5 Å². The van der Waals surface area contributed by atoms with Crippen LogP contribution < -0.4 is 15.8 Å². The lowest BCUT2D eigenvalue weighted by atomic mass is 10.1. The highest BCUT2D eigenvalue weighted by Crippen LogP contribution is 2.31. The molecule has 0 radical (unpaired) electrons. The number of imidazole rings is 1. The minimum Gasteiger partial charge on any atom is -0.457 e. The molecule has 3 N–H and O–H groups in total. The largest absolute Gasteiger partial charge is 0.457 e. The molecule has 1 unspecified atom stereocenters. The van der Waals surface area contributed by atoms with Gasteiger partial charge < -0.3 is 25.1 Å². The molecule has 3 heterocycles. The molecule has 1 aliphatic heterocycles. The lowest BCUT2D eigenvalue weighted by Crippen LogP contribution is -2.40. The van der Waals surface area contributed by atoms with Gasteiger partial charge >= 0.3 is 0 Å². The number of aryl methyl sites for hydroxylation is 1. The molecule has 9 nitrogen and oxygen atoms in total. The Morgan fingerprint density at radius 2 is 1.89 bits per heavy atom. The molecule has 1 fully saturated rings. The number of halogens is 1. The summed E-state index contributed by atoms with van der Waals surface area (Å²) < 4.78 is 13.6. The van der Waals surface area contributed by atoms with Crippen molar-refractivity contribution in [3.8, 4) is 11.5 Å². The quantitative estimate of drug-likeness (QED) is 0.364. The average Bonchev–Trinajstić information content (AvgIpc) is 3.18. The molecular formula is C26H27ClN6O3. The Balaban J connectivity index is 1.37. The van der Waals surface area contributed by atoms with Crippen LogP contribution in [0.1, 0.15) is 18.2 Å². The first kappa shape index (κ1) is 24.1. The molecule has 2 aromatic heterocycles. The maximum atomic E-state index is 11.8. The molecule has 5 rings (SSSR count). The first-order valence-corrected chi connectivity index (χ1v) is 12.1. The predicted octanol–water partition coefficient (Wildman–Crippen LogP) is 4.41. The van der Waals surface area contributed by atoms with Crippen molar-refractivity contribution >= 4 is 40.2 Å².